The smallest absolute Gasteiger partial charge is 0.249 e. The number of thiazole rings is 1. The van der Waals surface area contributed by atoms with E-state index in [0.29, 0.717) is 23.2 Å². The number of pyridine rings is 1. The number of aryl methyl sites for hydroxylation is 2. The van der Waals surface area contributed by atoms with Gasteiger partial charge in [0.05, 0.1) is 11.2 Å². The van der Waals surface area contributed by atoms with Crippen molar-refractivity contribution in [2.24, 2.45) is 0 Å². The van der Waals surface area contributed by atoms with Crippen LogP contribution in [0.25, 0.3) is 5.65 Å². The molecule has 0 radical (unpaired) electrons. The lowest BCUT2D eigenvalue weighted by Gasteiger charge is -2.31. The Morgan fingerprint density at radius 3 is 2.64 bits per heavy atom. The number of piperidine rings is 1. The molecule has 1 aliphatic rings. The van der Waals surface area contributed by atoms with Gasteiger partial charge in [-0.15, -0.1) is 11.3 Å². The molecule has 0 saturated carbocycles. The lowest BCUT2D eigenvalue weighted by atomic mass is 9.89. The minimum absolute atomic E-state index is 0.336. The lowest BCUT2D eigenvalue weighted by Crippen LogP contribution is -2.37. The molecule has 0 spiro atoms. The van der Waals surface area contributed by atoms with Crippen LogP contribution in [0.4, 0.5) is 0 Å². The average molecular weight is 377 g/mol. The van der Waals surface area contributed by atoms with E-state index in [1.165, 1.54) is 28.7 Å². The van der Waals surface area contributed by atoms with Crippen molar-refractivity contribution < 1.29 is 8.42 Å². The summed E-state index contributed by atoms with van der Waals surface area (Å²) in [6.45, 7) is 4.95. The minimum atomic E-state index is -3.42. The molecule has 4 heterocycles. The molecule has 25 heavy (non-hydrogen) atoms. The van der Waals surface area contributed by atoms with Crippen LogP contribution in [0.15, 0.2) is 29.0 Å². The molecule has 1 fully saturated rings. The molecule has 0 bridgehead atoms. The van der Waals surface area contributed by atoms with Crippen molar-refractivity contribution in [1.29, 1.82) is 0 Å². The summed E-state index contributed by atoms with van der Waals surface area (Å²) < 4.78 is 29.2. The highest BCUT2D eigenvalue weighted by Crippen LogP contribution is 2.33. The molecular formula is C16H19N5O2S2. The van der Waals surface area contributed by atoms with Crippen molar-refractivity contribution in [1.82, 2.24) is 23.9 Å². The zero-order chi connectivity index (χ0) is 17.6. The lowest BCUT2D eigenvalue weighted by molar-refractivity contribution is 0.319. The quantitative estimate of drug-likeness (QED) is 0.700. The third-order valence-corrected chi connectivity index (χ3v) is 8.00. The first-order valence-corrected chi connectivity index (χ1v) is 10.4. The van der Waals surface area contributed by atoms with Gasteiger partial charge >= 0.3 is 0 Å². The Morgan fingerprint density at radius 1 is 1.20 bits per heavy atom. The Balaban J connectivity index is 1.53. The molecule has 9 heteroatoms. The molecule has 3 aromatic heterocycles. The fraction of sp³-hybridized carbons (Fsp3) is 0.438. The van der Waals surface area contributed by atoms with E-state index in [1.54, 1.807) is 15.1 Å². The van der Waals surface area contributed by atoms with E-state index >= 15 is 0 Å². The summed E-state index contributed by atoms with van der Waals surface area (Å²) >= 11 is 1.23. The number of sulfonamides is 1. The minimum Gasteiger partial charge on any atom is -0.249 e. The van der Waals surface area contributed by atoms with Crippen molar-refractivity contribution in [2.45, 2.75) is 36.8 Å². The van der Waals surface area contributed by atoms with E-state index in [9.17, 15) is 8.42 Å². The standard InChI is InChI=1S/C16H19N5O2S2/c1-11-7-15-18-10-19-21(15)9-14(11)13-3-5-20(6-4-13)25(22,23)16-8-17-12(2)24-16/h7-10,13H,3-6H2,1-2H3. The Morgan fingerprint density at radius 2 is 1.96 bits per heavy atom. The molecule has 3 aromatic rings. The maximum absolute atomic E-state index is 12.7. The Hall–Kier alpha value is -1.84. The highest BCUT2D eigenvalue weighted by Gasteiger charge is 2.31. The van der Waals surface area contributed by atoms with Crippen LogP contribution in [0, 0.1) is 13.8 Å². The van der Waals surface area contributed by atoms with Gasteiger partial charge in [0.25, 0.3) is 10.0 Å². The fourth-order valence-corrected chi connectivity index (χ4v) is 6.13. The van der Waals surface area contributed by atoms with Crippen LogP contribution in [-0.2, 0) is 10.0 Å². The van der Waals surface area contributed by atoms with Crippen molar-refractivity contribution >= 4 is 27.0 Å². The molecule has 0 N–H and O–H groups in total. The summed E-state index contributed by atoms with van der Waals surface area (Å²) in [5.41, 5.74) is 3.24. The molecule has 0 amide bonds. The van der Waals surface area contributed by atoms with Gasteiger partial charge in [-0.05, 0) is 49.8 Å². The zero-order valence-electron chi connectivity index (χ0n) is 14.1. The fourth-order valence-electron chi connectivity index (χ4n) is 3.40. The SMILES string of the molecule is Cc1ncc(S(=O)(=O)N2CCC(c3cn4ncnc4cc3C)CC2)s1. The Kier molecular flexibility index (Phi) is 4.09. The second kappa shape index (κ2) is 6.15. The maximum Gasteiger partial charge on any atom is 0.254 e. The predicted octanol–water partition coefficient (Wildman–Crippen LogP) is 2.37. The van der Waals surface area contributed by atoms with Crippen molar-refractivity contribution in [3.8, 4) is 0 Å². The number of hydrogen-bond acceptors (Lipinski definition) is 6. The summed E-state index contributed by atoms with van der Waals surface area (Å²) in [5.74, 6) is 0.336. The van der Waals surface area contributed by atoms with Gasteiger partial charge in [0.15, 0.2) is 9.86 Å². The number of fused-ring (bicyclic) bond motifs is 1. The van der Waals surface area contributed by atoms with Crippen LogP contribution in [0.2, 0.25) is 0 Å². The topological polar surface area (TPSA) is 80.5 Å². The van der Waals surface area contributed by atoms with Crippen molar-refractivity contribution in [3.63, 3.8) is 0 Å². The average Bonchev–Trinajstić information content (AvgIpc) is 3.23. The second-order valence-electron chi connectivity index (χ2n) is 6.35. The van der Waals surface area contributed by atoms with Crippen LogP contribution in [-0.4, -0.2) is 45.4 Å². The Labute approximate surface area is 150 Å². The maximum atomic E-state index is 12.7. The van der Waals surface area contributed by atoms with E-state index in [-0.39, 0.29) is 0 Å². The first kappa shape index (κ1) is 16.6. The number of rotatable bonds is 3. The zero-order valence-corrected chi connectivity index (χ0v) is 15.7. The van der Waals surface area contributed by atoms with Crippen molar-refractivity contribution in [2.75, 3.05) is 13.1 Å². The summed E-state index contributed by atoms with van der Waals surface area (Å²) in [4.78, 5) is 8.28. The van der Waals surface area contributed by atoms with Crippen LogP contribution < -0.4 is 0 Å². The first-order valence-electron chi connectivity index (χ1n) is 8.17. The van der Waals surface area contributed by atoms with Gasteiger partial charge in [-0.25, -0.2) is 22.9 Å². The second-order valence-corrected chi connectivity index (χ2v) is 9.75. The molecule has 4 rings (SSSR count). The molecule has 132 valence electrons. The summed E-state index contributed by atoms with van der Waals surface area (Å²) in [5, 5.41) is 4.97. The van der Waals surface area contributed by atoms with Gasteiger partial charge in [0.2, 0.25) is 0 Å². The van der Waals surface area contributed by atoms with E-state index in [2.05, 4.69) is 22.0 Å². The van der Waals surface area contributed by atoms with Gasteiger partial charge in [0.1, 0.15) is 6.33 Å². The van der Waals surface area contributed by atoms with E-state index in [0.717, 1.165) is 23.5 Å². The van der Waals surface area contributed by atoms with Gasteiger partial charge in [-0.3, -0.25) is 0 Å². The van der Waals surface area contributed by atoms with Gasteiger partial charge < -0.3 is 0 Å². The monoisotopic (exact) mass is 377 g/mol. The molecule has 1 saturated heterocycles. The third kappa shape index (κ3) is 2.96. The molecule has 0 atom stereocenters. The van der Waals surface area contributed by atoms with Crippen LogP contribution >= 0.6 is 11.3 Å². The molecule has 7 nitrogen and oxygen atoms in total. The van der Waals surface area contributed by atoms with Gasteiger partial charge in [-0.2, -0.15) is 9.40 Å². The Bertz CT molecular complexity index is 1020. The summed E-state index contributed by atoms with van der Waals surface area (Å²) in [7, 11) is -3.42. The van der Waals surface area contributed by atoms with Gasteiger partial charge in [-0.1, -0.05) is 0 Å². The van der Waals surface area contributed by atoms with E-state index in [1.807, 2.05) is 19.2 Å². The number of hydrogen-bond donors (Lipinski definition) is 0. The predicted molar refractivity (Wildman–Crippen MR) is 95.3 cm³/mol. The molecule has 0 aliphatic carbocycles. The number of nitrogens with zero attached hydrogens (tertiary/aromatic N) is 5. The summed E-state index contributed by atoms with van der Waals surface area (Å²) in [6.07, 6.45) is 6.64. The third-order valence-electron chi connectivity index (χ3n) is 4.75. The summed E-state index contributed by atoms with van der Waals surface area (Å²) in [6, 6.07) is 2.03. The first-order chi connectivity index (χ1) is 11.9. The molecule has 1 aliphatic heterocycles. The van der Waals surface area contributed by atoms with Crippen LogP contribution in [0.5, 0.6) is 0 Å². The largest absolute Gasteiger partial charge is 0.254 e. The normalized spacial score (nSPS) is 17.4. The molecule has 0 unspecified atom stereocenters. The van der Waals surface area contributed by atoms with E-state index in [4.69, 9.17) is 0 Å². The highest BCUT2D eigenvalue weighted by molar-refractivity contribution is 7.91. The van der Waals surface area contributed by atoms with E-state index < -0.39 is 10.0 Å². The molecular weight excluding hydrogens is 358 g/mol. The number of aromatic nitrogens is 4. The highest BCUT2D eigenvalue weighted by atomic mass is 32.2. The van der Waals surface area contributed by atoms with Gasteiger partial charge in [0, 0.05) is 19.3 Å². The van der Waals surface area contributed by atoms with Crippen LogP contribution in [0.3, 0.4) is 0 Å². The molecule has 0 aromatic carbocycles. The van der Waals surface area contributed by atoms with Crippen LogP contribution in [0.1, 0.15) is 34.9 Å². The van der Waals surface area contributed by atoms with Crippen molar-refractivity contribution in [3.05, 3.63) is 40.9 Å².